The number of amides is 1. The number of carbonyl (C=O) groups is 1. The summed E-state index contributed by atoms with van der Waals surface area (Å²) in [6.07, 6.45) is 0.799. The molecular formula is C25H27ClN2O4. The van der Waals surface area contributed by atoms with Crippen molar-refractivity contribution in [2.75, 3.05) is 33.3 Å². The SMILES string of the molecule is CCN(CC)CCCN1C(=O)c2oc3ccc(Cl)cc3c(=O)c2[C@H]1c1ccc(OC)cc1. The Labute approximate surface area is 192 Å². The zero-order chi connectivity index (χ0) is 22.8. The van der Waals surface area contributed by atoms with Gasteiger partial charge in [0, 0.05) is 11.6 Å². The van der Waals surface area contributed by atoms with Crippen LogP contribution in [0.5, 0.6) is 5.75 Å². The molecule has 7 heteroatoms. The van der Waals surface area contributed by atoms with Crippen molar-refractivity contribution in [2.45, 2.75) is 26.3 Å². The Bertz CT molecular complexity index is 1190. The predicted molar refractivity (Wildman–Crippen MR) is 126 cm³/mol. The second kappa shape index (κ2) is 9.35. The number of hydrogen-bond acceptors (Lipinski definition) is 5. The summed E-state index contributed by atoms with van der Waals surface area (Å²) < 4.78 is 11.2. The van der Waals surface area contributed by atoms with Gasteiger partial charge in [-0.05, 0) is 62.0 Å². The molecule has 2 heterocycles. The third kappa shape index (κ3) is 4.00. The van der Waals surface area contributed by atoms with E-state index >= 15 is 0 Å². The van der Waals surface area contributed by atoms with E-state index in [1.54, 1.807) is 30.2 Å². The molecule has 0 saturated carbocycles. The average Bonchev–Trinajstić information content (AvgIpc) is 3.09. The van der Waals surface area contributed by atoms with Crippen molar-refractivity contribution in [1.29, 1.82) is 0 Å². The van der Waals surface area contributed by atoms with Crippen LogP contribution in [0.4, 0.5) is 0 Å². The molecular weight excluding hydrogens is 428 g/mol. The Morgan fingerprint density at radius 1 is 1.09 bits per heavy atom. The Morgan fingerprint density at radius 3 is 2.47 bits per heavy atom. The molecule has 168 valence electrons. The molecule has 3 aromatic rings. The molecule has 1 amide bonds. The lowest BCUT2D eigenvalue weighted by molar-refractivity contribution is 0.0720. The Hall–Kier alpha value is -2.83. The van der Waals surface area contributed by atoms with Gasteiger partial charge in [-0.1, -0.05) is 37.6 Å². The van der Waals surface area contributed by atoms with Gasteiger partial charge >= 0.3 is 0 Å². The van der Waals surface area contributed by atoms with Crippen LogP contribution in [0, 0.1) is 0 Å². The van der Waals surface area contributed by atoms with Gasteiger partial charge < -0.3 is 19.0 Å². The predicted octanol–water partition coefficient (Wildman–Crippen LogP) is 4.73. The number of benzene rings is 2. The number of carbonyl (C=O) groups excluding carboxylic acids is 1. The van der Waals surface area contributed by atoms with Crippen LogP contribution in [0.2, 0.25) is 5.02 Å². The van der Waals surface area contributed by atoms with Gasteiger partial charge in [0.25, 0.3) is 5.91 Å². The van der Waals surface area contributed by atoms with Crippen LogP contribution in [-0.4, -0.2) is 49.0 Å². The lowest BCUT2D eigenvalue weighted by atomic mass is 9.98. The highest BCUT2D eigenvalue weighted by Gasteiger charge is 2.42. The van der Waals surface area contributed by atoms with E-state index < -0.39 is 6.04 Å². The van der Waals surface area contributed by atoms with Crippen LogP contribution < -0.4 is 10.2 Å². The van der Waals surface area contributed by atoms with Gasteiger partial charge in [-0.3, -0.25) is 9.59 Å². The molecule has 32 heavy (non-hydrogen) atoms. The smallest absolute Gasteiger partial charge is 0.290 e. The van der Waals surface area contributed by atoms with Crippen LogP contribution in [0.25, 0.3) is 11.0 Å². The summed E-state index contributed by atoms with van der Waals surface area (Å²) in [7, 11) is 1.60. The first-order chi connectivity index (χ1) is 15.5. The van der Waals surface area contributed by atoms with Gasteiger partial charge in [-0.15, -0.1) is 0 Å². The molecule has 1 aromatic heterocycles. The standard InChI is InChI=1S/C25H27ClN2O4/c1-4-27(5-2)13-6-14-28-22(16-7-10-18(31-3)11-8-16)21-23(29)19-15-17(26)9-12-20(19)32-24(21)25(28)30/h7-12,15,22H,4-6,13-14H2,1-3H3/t22-/m1/s1. The Balaban J connectivity index is 1.79. The second-order valence-corrected chi connectivity index (χ2v) is 8.31. The minimum absolute atomic E-state index is 0.119. The highest BCUT2D eigenvalue weighted by molar-refractivity contribution is 6.31. The Morgan fingerprint density at radius 2 is 1.81 bits per heavy atom. The zero-order valence-corrected chi connectivity index (χ0v) is 19.3. The fraction of sp³-hybridized carbons (Fsp3) is 0.360. The molecule has 0 unspecified atom stereocenters. The summed E-state index contributed by atoms with van der Waals surface area (Å²) in [6, 6.07) is 11.8. The van der Waals surface area contributed by atoms with Gasteiger partial charge in [0.1, 0.15) is 11.3 Å². The number of ether oxygens (including phenoxy) is 1. The van der Waals surface area contributed by atoms with Gasteiger partial charge in [0.05, 0.1) is 24.1 Å². The molecule has 1 atom stereocenters. The van der Waals surface area contributed by atoms with Crippen molar-refractivity contribution < 1.29 is 13.9 Å². The van der Waals surface area contributed by atoms with Gasteiger partial charge in [-0.25, -0.2) is 0 Å². The van der Waals surface area contributed by atoms with Crippen molar-refractivity contribution in [2.24, 2.45) is 0 Å². The first-order valence-electron chi connectivity index (χ1n) is 10.9. The monoisotopic (exact) mass is 454 g/mol. The summed E-state index contributed by atoms with van der Waals surface area (Å²) in [5.41, 5.74) is 1.36. The summed E-state index contributed by atoms with van der Waals surface area (Å²) >= 11 is 6.13. The van der Waals surface area contributed by atoms with Crippen molar-refractivity contribution >= 4 is 28.5 Å². The van der Waals surface area contributed by atoms with Crippen LogP contribution in [0.15, 0.2) is 51.7 Å². The molecule has 0 bridgehead atoms. The topological polar surface area (TPSA) is 63.0 Å². The number of halogens is 1. The zero-order valence-electron chi connectivity index (χ0n) is 18.6. The molecule has 0 fully saturated rings. The fourth-order valence-electron chi connectivity index (χ4n) is 4.36. The molecule has 0 aliphatic carbocycles. The van der Waals surface area contributed by atoms with E-state index in [4.69, 9.17) is 20.8 Å². The molecule has 0 radical (unpaired) electrons. The number of methoxy groups -OCH3 is 1. The van der Waals surface area contributed by atoms with Crippen LogP contribution in [0.3, 0.4) is 0 Å². The van der Waals surface area contributed by atoms with Crippen LogP contribution >= 0.6 is 11.6 Å². The maximum atomic E-state index is 13.5. The summed E-state index contributed by atoms with van der Waals surface area (Å²) in [6.45, 7) is 7.56. The molecule has 0 spiro atoms. The van der Waals surface area contributed by atoms with E-state index in [0.717, 1.165) is 31.6 Å². The van der Waals surface area contributed by atoms with Gasteiger partial charge in [-0.2, -0.15) is 0 Å². The summed E-state index contributed by atoms with van der Waals surface area (Å²) in [5.74, 6) is 0.575. The maximum absolute atomic E-state index is 13.5. The molecule has 1 aliphatic rings. The fourth-order valence-corrected chi connectivity index (χ4v) is 4.53. The number of fused-ring (bicyclic) bond motifs is 2. The molecule has 1 aliphatic heterocycles. The van der Waals surface area contributed by atoms with Crippen LogP contribution in [0.1, 0.15) is 48.0 Å². The van der Waals surface area contributed by atoms with E-state index in [2.05, 4.69) is 18.7 Å². The van der Waals surface area contributed by atoms with E-state index in [1.807, 2.05) is 24.3 Å². The van der Waals surface area contributed by atoms with Crippen LogP contribution in [-0.2, 0) is 0 Å². The molecule has 0 saturated heterocycles. The highest BCUT2D eigenvalue weighted by Crippen LogP contribution is 2.38. The molecule has 0 N–H and O–H groups in total. The number of rotatable bonds is 8. The van der Waals surface area contributed by atoms with Gasteiger partial charge in [0.15, 0.2) is 5.43 Å². The van der Waals surface area contributed by atoms with Crippen molar-refractivity contribution in [1.82, 2.24) is 9.80 Å². The normalized spacial score (nSPS) is 15.6. The lowest BCUT2D eigenvalue weighted by Gasteiger charge is -2.26. The van der Waals surface area contributed by atoms with E-state index in [-0.39, 0.29) is 17.1 Å². The highest BCUT2D eigenvalue weighted by atomic mass is 35.5. The maximum Gasteiger partial charge on any atom is 0.290 e. The van der Waals surface area contributed by atoms with Crippen molar-refractivity contribution in [3.63, 3.8) is 0 Å². The third-order valence-electron chi connectivity index (χ3n) is 6.13. The van der Waals surface area contributed by atoms with E-state index in [0.29, 0.717) is 33.8 Å². The third-order valence-corrected chi connectivity index (χ3v) is 6.36. The van der Waals surface area contributed by atoms with E-state index in [9.17, 15) is 9.59 Å². The molecule has 2 aromatic carbocycles. The molecule has 6 nitrogen and oxygen atoms in total. The minimum Gasteiger partial charge on any atom is -0.497 e. The first kappa shape index (κ1) is 22.4. The number of hydrogen-bond donors (Lipinski definition) is 0. The van der Waals surface area contributed by atoms with Crippen molar-refractivity contribution in [3.8, 4) is 5.75 Å². The summed E-state index contributed by atoms with van der Waals surface area (Å²) in [4.78, 5) is 31.0. The minimum atomic E-state index is -0.514. The van der Waals surface area contributed by atoms with E-state index in [1.165, 1.54) is 0 Å². The van der Waals surface area contributed by atoms with Crippen molar-refractivity contribution in [3.05, 3.63) is 74.6 Å². The largest absolute Gasteiger partial charge is 0.497 e. The molecule has 4 rings (SSSR count). The first-order valence-corrected chi connectivity index (χ1v) is 11.3. The second-order valence-electron chi connectivity index (χ2n) is 7.87. The Kier molecular flexibility index (Phi) is 6.53. The summed E-state index contributed by atoms with van der Waals surface area (Å²) in [5, 5.41) is 0.832. The quantitative estimate of drug-likeness (QED) is 0.492. The average molecular weight is 455 g/mol. The number of nitrogens with zero attached hydrogens (tertiary/aromatic N) is 2. The lowest BCUT2D eigenvalue weighted by Crippen LogP contribution is -2.33. The van der Waals surface area contributed by atoms with Gasteiger partial charge in [0.2, 0.25) is 5.76 Å².